The molecule has 21 rings (SSSR count). The van der Waals surface area contributed by atoms with Crippen molar-refractivity contribution in [3.8, 4) is 178 Å². The molecule has 0 aliphatic carbocycles. The first kappa shape index (κ1) is 81.1. The molecule has 4 heteroatoms. The van der Waals surface area contributed by atoms with Gasteiger partial charge in [0.1, 0.15) is 0 Å². The van der Waals surface area contributed by atoms with Gasteiger partial charge in [0.25, 0.3) is 0 Å². The van der Waals surface area contributed by atoms with E-state index < -0.39 is 16.1 Å². The average Bonchev–Trinajstić information content (AvgIpc) is 1.57. The number of aromatic nitrogens is 2. The molecule has 2 nitrogen and oxygen atoms in total. The van der Waals surface area contributed by atoms with Crippen LogP contribution in [0.2, 0.25) is 39.3 Å². The van der Waals surface area contributed by atoms with Gasteiger partial charge in [-0.1, -0.05) is 408 Å². The topological polar surface area (TPSA) is 9.86 Å². The minimum atomic E-state index is -1.41. The van der Waals surface area contributed by atoms with Crippen LogP contribution in [0.15, 0.2) is 485 Å². The second-order valence-electron chi connectivity index (χ2n) is 35.7. The molecule has 0 bridgehead atoms. The normalized spacial score (nSPS) is 11.5. The van der Waals surface area contributed by atoms with E-state index in [1.807, 2.05) is 0 Å². The SMILES string of the molecule is C[Si](C)(C)c1ccc(-c2ccc(-n3c(-c4ccccc4)c(-c4cc(-c5ccccc5)cc(-c5ccccc5)c4)c4cc(-c5cc(-c6ccccc6)cc(-c6ccccc6)c5)ccc43)cc2)cc1.C[Si](C)(C)c1ccc(-c2ccc(-n3cc(-c4cc(-c5ccccc5)cc(-c5ccccc5)c4)c4cc(-c5cc(-c6ccccc6)cc(-c6ccccc6)c5)ccc43)cc2)cc1. The van der Waals surface area contributed by atoms with Gasteiger partial charge in [0.05, 0.1) is 32.9 Å². The number of benzene rings is 19. The van der Waals surface area contributed by atoms with Crippen molar-refractivity contribution in [1.82, 2.24) is 9.13 Å². The Bertz CT molecular complexity index is 7260. The summed E-state index contributed by atoms with van der Waals surface area (Å²) in [6.45, 7) is 14.4. The van der Waals surface area contributed by atoms with Crippen LogP contribution in [-0.2, 0) is 0 Å². The number of rotatable bonds is 19. The number of nitrogens with zero attached hydrogens (tertiary/aromatic N) is 2. The quantitative estimate of drug-likeness (QED) is 0.0714. The van der Waals surface area contributed by atoms with E-state index >= 15 is 0 Å². The Morgan fingerprint density at radius 2 is 0.391 bits per heavy atom. The molecule has 128 heavy (non-hydrogen) atoms. The predicted molar refractivity (Wildman–Crippen MR) is 554 cm³/mol. The van der Waals surface area contributed by atoms with Gasteiger partial charge >= 0.3 is 0 Å². The second-order valence-corrected chi connectivity index (χ2v) is 45.8. The van der Waals surface area contributed by atoms with E-state index in [0.717, 1.165) is 28.1 Å². The zero-order valence-electron chi connectivity index (χ0n) is 73.1. The van der Waals surface area contributed by atoms with Gasteiger partial charge in [-0.15, -0.1) is 0 Å². The molecule has 2 heterocycles. The lowest BCUT2D eigenvalue weighted by Crippen LogP contribution is -2.37. The zero-order chi connectivity index (χ0) is 86.7. The minimum absolute atomic E-state index is 1.12. The highest BCUT2D eigenvalue weighted by Gasteiger charge is 2.26. The monoisotopic (exact) mass is 1670 g/mol. The molecule has 0 unspecified atom stereocenters. The summed E-state index contributed by atoms with van der Waals surface area (Å²) in [5.74, 6) is 0. The van der Waals surface area contributed by atoms with Crippen LogP contribution < -0.4 is 10.4 Å². The molecule has 19 aromatic carbocycles. The minimum Gasteiger partial charge on any atom is -0.316 e. The van der Waals surface area contributed by atoms with Crippen LogP contribution in [0.4, 0.5) is 0 Å². The molecule has 0 saturated heterocycles. The van der Waals surface area contributed by atoms with Gasteiger partial charge in [-0.05, 0) is 272 Å². The largest absolute Gasteiger partial charge is 0.316 e. The predicted octanol–water partition coefficient (Wildman–Crippen LogP) is 33.4. The lowest BCUT2D eigenvalue weighted by molar-refractivity contribution is 1.13. The van der Waals surface area contributed by atoms with E-state index in [2.05, 4.69) is 534 Å². The smallest absolute Gasteiger partial charge is 0.0775 e. The molecule has 0 N–H and O–H groups in total. The zero-order valence-corrected chi connectivity index (χ0v) is 75.1. The Hall–Kier alpha value is -15.3. The van der Waals surface area contributed by atoms with E-state index in [1.54, 1.807) is 0 Å². The number of fused-ring (bicyclic) bond motifs is 2. The van der Waals surface area contributed by atoms with Gasteiger partial charge in [0, 0.05) is 39.5 Å². The number of hydrogen-bond acceptors (Lipinski definition) is 0. The fraction of sp³-hybridized carbons (Fsp3) is 0.0484. The van der Waals surface area contributed by atoms with Crippen LogP contribution in [0.5, 0.6) is 0 Å². The molecular weight excluding hydrogens is 1570 g/mol. The number of hydrogen-bond donors (Lipinski definition) is 0. The lowest BCUT2D eigenvalue weighted by atomic mass is 9.90. The van der Waals surface area contributed by atoms with E-state index in [9.17, 15) is 0 Å². The van der Waals surface area contributed by atoms with E-state index in [-0.39, 0.29) is 0 Å². The van der Waals surface area contributed by atoms with E-state index in [1.165, 1.54) is 182 Å². The van der Waals surface area contributed by atoms with Crippen molar-refractivity contribution in [2.24, 2.45) is 0 Å². The summed E-state index contributed by atoms with van der Waals surface area (Å²) in [6, 6.07) is 176. The van der Waals surface area contributed by atoms with Crippen molar-refractivity contribution >= 4 is 48.3 Å². The average molecular weight is 1670 g/mol. The molecule has 0 atom stereocenters. The van der Waals surface area contributed by atoms with Crippen LogP contribution in [0, 0.1) is 0 Å². The van der Waals surface area contributed by atoms with Crippen LogP contribution >= 0.6 is 0 Å². The molecule has 0 saturated carbocycles. The second kappa shape index (κ2) is 35.4. The maximum Gasteiger partial charge on any atom is 0.0775 e. The van der Waals surface area contributed by atoms with Gasteiger partial charge < -0.3 is 9.13 Å². The summed E-state index contributed by atoms with van der Waals surface area (Å²) in [6.07, 6.45) is 2.35. The van der Waals surface area contributed by atoms with Gasteiger partial charge in [-0.3, -0.25) is 0 Å². The molecule has 612 valence electrons. The summed E-state index contributed by atoms with van der Waals surface area (Å²) >= 11 is 0. The standard InChI is InChI=1S/C65H51NSi.C59H47NSi/c1-67(2,3)61-36-31-51(32-37-61)50-29-34-60(35-30-50)66-63-38-33-53(58-41-54(46-19-9-4-10-20-46)39-55(42-58)47-21-11-5-12-22-47)45-62(63)64(65(66)52-27-17-8-18-28-52)59-43-56(48-23-13-6-14-24-48)40-57(44-59)49-25-15-7-16-26-49;1-61(2,3)56-31-26-47(27-32-56)46-24-29-55(30-25-46)60-41-58(54-38-51(44-20-12-6-13-21-44)35-52(39-54)45-22-14-7-15-23-45)57-40-48(28-33-59(57)60)53-36-49(42-16-8-4-9-17-42)34-50(37-53)43-18-10-5-11-19-43/h4-45H,1-3H3;4-41H,1-3H3. The molecule has 0 spiro atoms. The molecule has 0 aliphatic rings. The van der Waals surface area contributed by atoms with Gasteiger partial charge in [-0.25, -0.2) is 0 Å². The third-order valence-corrected chi connectivity index (χ3v) is 29.2. The van der Waals surface area contributed by atoms with Crippen molar-refractivity contribution in [2.45, 2.75) is 39.3 Å². The van der Waals surface area contributed by atoms with Crippen molar-refractivity contribution in [3.05, 3.63) is 485 Å². The van der Waals surface area contributed by atoms with Crippen molar-refractivity contribution in [3.63, 3.8) is 0 Å². The third kappa shape index (κ3) is 17.1. The molecular formula is C124H98N2Si2. The Labute approximate surface area is 755 Å². The molecule has 2 aromatic heterocycles. The van der Waals surface area contributed by atoms with Gasteiger partial charge in [-0.2, -0.15) is 0 Å². The Morgan fingerprint density at radius 3 is 0.688 bits per heavy atom. The lowest BCUT2D eigenvalue weighted by Gasteiger charge is -2.17. The fourth-order valence-corrected chi connectivity index (χ4v) is 20.6. The molecule has 0 aliphatic heterocycles. The summed E-state index contributed by atoms with van der Waals surface area (Å²) < 4.78 is 4.87. The maximum absolute atomic E-state index is 2.50. The van der Waals surface area contributed by atoms with E-state index in [0.29, 0.717) is 0 Å². The highest BCUT2D eigenvalue weighted by atomic mass is 28.3. The first-order valence-electron chi connectivity index (χ1n) is 44.6. The van der Waals surface area contributed by atoms with Crippen molar-refractivity contribution < 1.29 is 0 Å². The molecule has 21 aromatic rings. The van der Waals surface area contributed by atoms with Gasteiger partial charge in [0.15, 0.2) is 0 Å². The third-order valence-electron chi connectivity index (χ3n) is 25.1. The van der Waals surface area contributed by atoms with Crippen molar-refractivity contribution in [1.29, 1.82) is 0 Å². The van der Waals surface area contributed by atoms with Crippen molar-refractivity contribution in [2.75, 3.05) is 0 Å². The fourth-order valence-electron chi connectivity index (χ4n) is 18.2. The van der Waals surface area contributed by atoms with Crippen LogP contribution in [0.1, 0.15) is 0 Å². The molecule has 0 amide bonds. The Balaban J connectivity index is 0.000000161. The summed E-state index contributed by atoms with van der Waals surface area (Å²) in [7, 11) is -2.79. The van der Waals surface area contributed by atoms with Gasteiger partial charge in [0.2, 0.25) is 0 Å². The Morgan fingerprint density at radius 1 is 0.164 bits per heavy atom. The van der Waals surface area contributed by atoms with Crippen LogP contribution in [0.25, 0.3) is 200 Å². The summed E-state index contributed by atoms with van der Waals surface area (Å²) in [5.41, 5.74) is 40.4. The summed E-state index contributed by atoms with van der Waals surface area (Å²) in [5, 5.41) is 5.35. The van der Waals surface area contributed by atoms with Crippen LogP contribution in [0.3, 0.4) is 0 Å². The first-order chi connectivity index (χ1) is 62.7. The highest BCUT2D eigenvalue weighted by Crippen LogP contribution is 2.49. The Kier molecular flexibility index (Phi) is 22.4. The summed E-state index contributed by atoms with van der Waals surface area (Å²) in [4.78, 5) is 0. The van der Waals surface area contributed by atoms with E-state index in [4.69, 9.17) is 0 Å². The van der Waals surface area contributed by atoms with Crippen LogP contribution in [-0.4, -0.2) is 25.3 Å². The molecule has 0 radical (unpaired) electrons. The maximum atomic E-state index is 2.50. The first-order valence-corrected chi connectivity index (χ1v) is 51.6. The molecule has 0 fully saturated rings. The highest BCUT2D eigenvalue weighted by molar-refractivity contribution is 6.89.